The van der Waals surface area contributed by atoms with Gasteiger partial charge in [-0.25, -0.2) is 0 Å². The molecule has 4 atom stereocenters. The van der Waals surface area contributed by atoms with E-state index in [4.69, 9.17) is 9.47 Å². The van der Waals surface area contributed by atoms with Gasteiger partial charge in [0.2, 0.25) is 0 Å². The minimum absolute atomic E-state index is 0.145. The van der Waals surface area contributed by atoms with Gasteiger partial charge in [-0.2, -0.15) is 0 Å². The van der Waals surface area contributed by atoms with Crippen molar-refractivity contribution in [2.24, 2.45) is 11.3 Å². The van der Waals surface area contributed by atoms with Gasteiger partial charge in [0.25, 0.3) is 0 Å². The van der Waals surface area contributed by atoms with Crippen LogP contribution in [0, 0.1) is 11.3 Å². The van der Waals surface area contributed by atoms with E-state index in [0.29, 0.717) is 25.2 Å². The van der Waals surface area contributed by atoms with Gasteiger partial charge < -0.3 is 9.47 Å². The third-order valence-corrected chi connectivity index (χ3v) is 6.35. The number of Topliss-reactive ketones (excluding diaryl/α,β-unsaturated/α-hetero) is 2. The van der Waals surface area contributed by atoms with Crippen LogP contribution in [-0.2, 0) is 19.1 Å². The van der Waals surface area contributed by atoms with Crippen molar-refractivity contribution in [2.75, 3.05) is 0 Å². The lowest BCUT2D eigenvalue weighted by Crippen LogP contribution is -2.49. The van der Waals surface area contributed by atoms with E-state index in [1.807, 2.05) is 27.7 Å². The normalized spacial score (nSPS) is 35.5. The Labute approximate surface area is 157 Å². The van der Waals surface area contributed by atoms with Crippen LogP contribution in [0.25, 0.3) is 0 Å². The van der Waals surface area contributed by atoms with Gasteiger partial charge >= 0.3 is 0 Å². The number of carbonyl (C=O) groups is 2. The molecule has 3 rings (SSSR count). The van der Waals surface area contributed by atoms with Gasteiger partial charge in [-0.3, -0.25) is 9.59 Å². The van der Waals surface area contributed by atoms with Crippen molar-refractivity contribution in [3.05, 3.63) is 23.8 Å². The second-order valence-electron chi connectivity index (χ2n) is 9.02. The summed E-state index contributed by atoms with van der Waals surface area (Å²) in [6, 6.07) is 0. The van der Waals surface area contributed by atoms with Crippen LogP contribution in [0.2, 0.25) is 0 Å². The Kier molecular flexibility index (Phi) is 4.81. The van der Waals surface area contributed by atoms with E-state index in [0.717, 1.165) is 24.8 Å². The Morgan fingerprint density at radius 3 is 2.69 bits per heavy atom. The molecule has 4 heteroatoms. The first-order valence-electron chi connectivity index (χ1n) is 9.87. The molecule has 26 heavy (non-hydrogen) atoms. The first kappa shape index (κ1) is 19.5. The topological polar surface area (TPSA) is 52.6 Å². The van der Waals surface area contributed by atoms with Gasteiger partial charge in [-0.1, -0.05) is 25.5 Å². The lowest BCUT2D eigenvalue weighted by atomic mass is 9.68. The van der Waals surface area contributed by atoms with Crippen molar-refractivity contribution < 1.29 is 19.1 Å². The SMILES string of the molecule is C=C[C@](C)(C[C@H]1OC(C)(C)O[C@@]12C[C@@H](C)CC1=C2C(=O)CC1)C(=O)CC. The molecular formula is C22H32O4. The monoisotopic (exact) mass is 360 g/mol. The van der Waals surface area contributed by atoms with Crippen molar-refractivity contribution in [2.45, 2.75) is 90.6 Å². The molecule has 0 radical (unpaired) electrons. The summed E-state index contributed by atoms with van der Waals surface area (Å²) in [7, 11) is 0. The Morgan fingerprint density at radius 1 is 1.38 bits per heavy atom. The summed E-state index contributed by atoms with van der Waals surface area (Å²) in [5.41, 5.74) is 0.672. The van der Waals surface area contributed by atoms with Crippen LogP contribution in [0.1, 0.15) is 73.1 Å². The first-order chi connectivity index (χ1) is 12.1. The standard InChI is InChI=1S/C22H32O4/c1-7-17(24)21(6,8-2)13-18-22(26-20(4,5)25-18)12-14(3)11-15-9-10-16(23)19(15)22/h8,14,18H,2,7,9-13H2,1,3-6H3/t14-,18+,21+,22-/m0/s1. The minimum atomic E-state index is -0.778. The van der Waals surface area contributed by atoms with E-state index < -0.39 is 16.8 Å². The zero-order valence-corrected chi connectivity index (χ0v) is 16.8. The molecule has 1 heterocycles. The van der Waals surface area contributed by atoms with Crippen LogP contribution in [0.15, 0.2) is 23.8 Å². The van der Waals surface area contributed by atoms with Gasteiger partial charge in [0.05, 0.1) is 6.10 Å². The van der Waals surface area contributed by atoms with Crippen LogP contribution in [0.5, 0.6) is 0 Å². The molecule has 0 bridgehead atoms. The van der Waals surface area contributed by atoms with E-state index in [2.05, 4.69) is 13.5 Å². The molecule has 0 aromatic heterocycles. The van der Waals surface area contributed by atoms with Crippen molar-refractivity contribution >= 4 is 11.6 Å². The highest BCUT2D eigenvalue weighted by atomic mass is 16.8. The number of allylic oxidation sites excluding steroid dienone is 2. The van der Waals surface area contributed by atoms with Crippen LogP contribution >= 0.6 is 0 Å². The fourth-order valence-corrected chi connectivity index (χ4v) is 5.22. The van der Waals surface area contributed by atoms with Crippen LogP contribution in [0.3, 0.4) is 0 Å². The zero-order chi connectivity index (χ0) is 19.3. The maximum atomic E-state index is 12.8. The lowest BCUT2D eigenvalue weighted by Gasteiger charge is -2.42. The van der Waals surface area contributed by atoms with E-state index in [1.165, 1.54) is 5.57 Å². The Hall–Kier alpha value is -1.26. The average Bonchev–Trinajstić information content (AvgIpc) is 3.04. The van der Waals surface area contributed by atoms with E-state index >= 15 is 0 Å². The Bertz CT molecular complexity index is 674. The molecule has 2 aliphatic carbocycles. The van der Waals surface area contributed by atoms with Crippen LogP contribution in [-0.4, -0.2) is 29.1 Å². The van der Waals surface area contributed by atoms with Crippen LogP contribution in [0.4, 0.5) is 0 Å². The molecule has 0 amide bonds. The highest BCUT2D eigenvalue weighted by Crippen LogP contribution is 2.55. The maximum Gasteiger partial charge on any atom is 0.164 e. The van der Waals surface area contributed by atoms with E-state index in [-0.39, 0.29) is 17.7 Å². The third kappa shape index (κ3) is 3.01. The second-order valence-corrected chi connectivity index (χ2v) is 9.02. The lowest BCUT2D eigenvalue weighted by molar-refractivity contribution is -0.162. The largest absolute Gasteiger partial charge is 0.344 e. The summed E-state index contributed by atoms with van der Waals surface area (Å²) in [5.74, 6) is -0.0105. The van der Waals surface area contributed by atoms with Gasteiger partial charge in [-0.05, 0) is 52.4 Å². The van der Waals surface area contributed by atoms with Gasteiger partial charge in [-0.15, -0.1) is 6.58 Å². The molecule has 0 aromatic rings. The van der Waals surface area contributed by atoms with Crippen molar-refractivity contribution in [3.63, 3.8) is 0 Å². The molecule has 0 aromatic carbocycles. The number of ketones is 2. The zero-order valence-electron chi connectivity index (χ0n) is 16.8. The summed E-state index contributed by atoms with van der Waals surface area (Å²) in [4.78, 5) is 25.4. The summed E-state index contributed by atoms with van der Waals surface area (Å²) < 4.78 is 12.8. The molecule has 1 saturated heterocycles. The third-order valence-electron chi connectivity index (χ3n) is 6.35. The molecule has 4 nitrogen and oxygen atoms in total. The average molecular weight is 360 g/mol. The molecule has 0 unspecified atom stereocenters. The second kappa shape index (κ2) is 6.42. The molecular weight excluding hydrogens is 328 g/mol. The quantitative estimate of drug-likeness (QED) is 0.676. The van der Waals surface area contributed by atoms with Crippen molar-refractivity contribution in [3.8, 4) is 0 Å². The Morgan fingerprint density at radius 2 is 2.08 bits per heavy atom. The number of fused-ring (bicyclic) bond motifs is 1. The van der Waals surface area contributed by atoms with Crippen molar-refractivity contribution in [1.82, 2.24) is 0 Å². The number of carbonyl (C=O) groups excluding carboxylic acids is 2. The summed E-state index contributed by atoms with van der Waals surface area (Å²) in [5, 5.41) is 0. The highest BCUT2D eigenvalue weighted by Gasteiger charge is 2.61. The fraction of sp³-hybridized carbons (Fsp3) is 0.727. The summed E-state index contributed by atoms with van der Waals surface area (Å²) in [6.45, 7) is 13.7. The summed E-state index contributed by atoms with van der Waals surface area (Å²) >= 11 is 0. The summed E-state index contributed by atoms with van der Waals surface area (Å²) in [6.07, 6.45) is 5.49. The molecule has 3 aliphatic rings. The number of hydrogen-bond acceptors (Lipinski definition) is 4. The minimum Gasteiger partial charge on any atom is -0.344 e. The molecule has 0 saturated carbocycles. The highest BCUT2D eigenvalue weighted by molar-refractivity contribution is 6.01. The number of hydrogen-bond donors (Lipinski definition) is 0. The molecule has 0 N–H and O–H groups in total. The predicted molar refractivity (Wildman–Crippen MR) is 101 cm³/mol. The fourth-order valence-electron chi connectivity index (χ4n) is 5.22. The predicted octanol–water partition coefficient (Wildman–Crippen LogP) is 4.53. The Balaban J connectivity index is 2.06. The van der Waals surface area contributed by atoms with Crippen molar-refractivity contribution in [1.29, 1.82) is 0 Å². The molecule has 1 aliphatic heterocycles. The molecule has 1 fully saturated rings. The number of ether oxygens (including phenoxy) is 2. The first-order valence-corrected chi connectivity index (χ1v) is 9.87. The molecule has 1 spiro atoms. The smallest absolute Gasteiger partial charge is 0.164 e. The molecule has 144 valence electrons. The van der Waals surface area contributed by atoms with E-state index in [1.54, 1.807) is 6.08 Å². The van der Waals surface area contributed by atoms with E-state index in [9.17, 15) is 9.59 Å². The van der Waals surface area contributed by atoms with Crippen LogP contribution < -0.4 is 0 Å². The number of rotatable bonds is 5. The van der Waals surface area contributed by atoms with Gasteiger partial charge in [0, 0.05) is 23.8 Å². The van der Waals surface area contributed by atoms with Gasteiger partial charge in [0.15, 0.2) is 11.6 Å². The maximum absolute atomic E-state index is 12.8. The van der Waals surface area contributed by atoms with Gasteiger partial charge in [0.1, 0.15) is 11.4 Å².